The number of rotatable bonds is 0. The van der Waals surface area contributed by atoms with Crippen molar-refractivity contribution in [3.63, 3.8) is 0 Å². The van der Waals surface area contributed by atoms with Crippen LogP contribution in [0.15, 0.2) is 42.5 Å². The molecule has 2 aliphatic carbocycles. The molecule has 0 aromatic carbocycles. The van der Waals surface area contributed by atoms with Gasteiger partial charge >= 0.3 is 0 Å². The molecule has 14 heavy (non-hydrogen) atoms. The van der Waals surface area contributed by atoms with E-state index in [1.165, 1.54) is 16.7 Å². The summed E-state index contributed by atoms with van der Waals surface area (Å²) in [5.41, 5.74) is 4.27. The van der Waals surface area contributed by atoms with Crippen LogP contribution in [0.4, 0.5) is 0 Å². The largest absolute Gasteiger partial charge is 0.0614 e. The van der Waals surface area contributed by atoms with Gasteiger partial charge in [-0.1, -0.05) is 63.2 Å². The van der Waals surface area contributed by atoms with Gasteiger partial charge in [0.25, 0.3) is 0 Å². The third-order valence-corrected chi connectivity index (χ3v) is 2.61. The molecule has 2 aliphatic rings. The Kier molecular flexibility index (Phi) is 2.07. The minimum Gasteiger partial charge on any atom is -0.0614 e. The molecule has 0 amide bonds. The molecule has 0 aromatic heterocycles. The predicted molar refractivity (Wildman–Crippen MR) is 61.8 cm³/mol. The fraction of sp³-hybridized carbons (Fsp3) is 0.286. The van der Waals surface area contributed by atoms with E-state index in [9.17, 15) is 0 Å². The van der Waals surface area contributed by atoms with E-state index in [0.717, 1.165) is 0 Å². The quantitative estimate of drug-likeness (QED) is 0.578. The van der Waals surface area contributed by atoms with E-state index >= 15 is 0 Å². The summed E-state index contributed by atoms with van der Waals surface area (Å²) < 4.78 is 0. The summed E-state index contributed by atoms with van der Waals surface area (Å²) in [6.07, 6.45) is 0. The van der Waals surface area contributed by atoms with Crippen molar-refractivity contribution >= 4 is 0 Å². The Morgan fingerprint density at radius 2 is 1.36 bits per heavy atom. The third kappa shape index (κ3) is 1.65. The number of hydrogen-bond donors (Lipinski definition) is 0. The standard InChI is InChI=1S/C14H16/c1-14(2,3)13-9-5-7-11-6-4-8-12(11)10-13/h4-10H,1-3H3. The van der Waals surface area contributed by atoms with Crippen LogP contribution >= 0.6 is 0 Å². The minimum atomic E-state index is 0.225. The van der Waals surface area contributed by atoms with Gasteiger partial charge in [0.2, 0.25) is 0 Å². The Morgan fingerprint density at radius 1 is 0.786 bits per heavy atom. The Bertz CT molecular complexity index is 407. The third-order valence-electron chi connectivity index (χ3n) is 2.61. The van der Waals surface area contributed by atoms with Crippen LogP contribution in [0.25, 0.3) is 11.1 Å². The zero-order valence-corrected chi connectivity index (χ0v) is 9.04. The molecule has 0 atom stereocenters. The summed E-state index contributed by atoms with van der Waals surface area (Å²) >= 11 is 0. The van der Waals surface area contributed by atoms with Gasteiger partial charge in [0.05, 0.1) is 0 Å². The van der Waals surface area contributed by atoms with Gasteiger partial charge < -0.3 is 0 Å². The minimum absolute atomic E-state index is 0.225. The Balaban J connectivity index is 2.60. The lowest BCUT2D eigenvalue weighted by molar-refractivity contribution is 0.591. The molecule has 0 aromatic rings. The van der Waals surface area contributed by atoms with E-state index in [1.54, 1.807) is 0 Å². The lowest BCUT2D eigenvalue weighted by atomic mass is 9.87. The highest BCUT2D eigenvalue weighted by Crippen LogP contribution is 2.28. The van der Waals surface area contributed by atoms with E-state index in [1.807, 2.05) is 0 Å². The highest BCUT2D eigenvalue weighted by molar-refractivity contribution is 5.66. The average molecular weight is 184 g/mol. The first-order valence-electron chi connectivity index (χ1n) is 5.07. The van der Waals surface area contributed by atoms with Gasteiger partial charge in [0.15, 0.2) is 0 Å². The second kappa shape index (κ2) is 3.13. The number of fused-ring (bicyclic) bond motifs is 1. The topological polar surface area (TPSA) is 0 Å². The lowest BCUT2D eigenvalue weighted by Crippen LogP contribution is -2.09. The van der Waals surface area contributed by atoms with Gasteiger partial charge in [0, 0.05) is 0 Å². The molecule has 0 saturated carbocycles. The van der Waals surface area contributed by atoms with Crippen molar-refractivity contribution in [3.05, 3.63) is 48.0 Å². The molecular weight excluding hydrogens is 168 g/mol. The van der Waals surface area contributed by atoms with E-state index < -0.39 is 0 Å². The first kappa shape index (κ1) is 9.26. The molecular formula is C14H16. The van der Waals surface area contributed by atoms with Crippen LogP contribution in [0.5, 0.6) is 0 Å². The van der Waals surface area contributed by atoms with Crippen molar-refractivity contribution in [3.8, 4) is 11.1 Å². The van der Waals surface area contributed by atoms with Gasteiger partial charge in [-0.2, -0.15) is 0 Å². The normalized spacial score (nSPS) is 11.9. The van der Waals surface area contributed by atoms with Crippen LogP contribution in [-0.2, 0) is 5.41 Å². The van der Waals surface area contributed by atoms with Crippen LogP contribution in [-0.4, -0.2) is 0 Å². The van der Waals surface area contributed by atoms with Crippen LogP contribution in [0.3, 0.4) is 0 Å². The summed E-state index contributed by atoms with van der Waals surface area (Å²) in [6.45, 7) is 6.74. The first-order valence-corrected chi connectivity index (χ1v) is 5.07. The van der Waals surface area contributed by atoms with Crippen LogP contribution in [0.2, 0.25) is 0 Å². The van der Waals surface area contributed by atoms with E-state index in [0.29, 0.717) is 0 Å². The molecule has 0 saturated heterocycles. The van der Waals surface area contributed by atoms with Gasteiger partial charge in [-0.15, -0.1) is 0 Å². The molecule has 0 heteroatoms. The molecule has 0 heterocycles. The number of hydrogen-bond acceptors (Lipinski definition) is 0. The second-order valence-corrected chi connectivity index (χ2v) is 4.81. The van der Waals surface area contributed by atoms with E-state index in [4.69, 9.17) is 0 Å². The molecule has 0 spiro atoms. The van der Waals surface area contributed by atoms with Crippen molar-refractivity contribution in [2.75, 3.05) is 0 Å². The Hall–Kier alpha value is -1.30. The van der Waals surface area contributed by atoms with E-state index in [-0.39, 0.29) is 5.41 Å². The molecule has 2 rings (SSSR count). The van der Waals surface area contributed by atoms with Gasteiger partial charge in [-0.25, -0.2) is 0 Å². The molecule has 72 valence electrons. The molecule has 0 aliphatic heterocycles. The monoisotopic (exact) mass is 184 g/mol. The summed E-state index contributed by atoms with van der Waals surface area (Å²) in [5, 5.41) is 0. The average Bonchev–Trinajstić information content (AvgIpc) is 2.41. The molecule has 0 unspecified atom stereocenters. The van der Waals surface area contributed by atoms with Crippen LogP contribution in [0, 0.1) is 0 Å². The zero-order chi connectivity index (χ0) is 10.2. The predicted octanol–water partition coefficient (Wildman–Crippen LogP) is 4.09. The fourth-order valence-corrected chi connectivity index (χ4v) is 1.67. The van der Waals surface area contributed by atoms with Gasteiger partial charge in [-0.3, -0.25) is 0 Å². The van der Waals surface area contributed by atoms with Crippen molar-refractivity contribution in [2.45, 2.75) is 26.2 Å². The SMILES string of the molecule is CC(C)(C)c1cccc2cccc-2c1. The summed E-state index contributed by atoms with van der Waals surface area (Å²) in [7, 11) is 0. The molecule has 0 nitrogen and oxygen atoms in total. The smallest absolute Gasteiger partial charge is 0.0132 e. The lowest BCUT2D eigenvalue weighted by Gasteiger charge is -2.17. The Labute approximate surface area is 85.9 Å². The van der Waals surface area contributed by atoms with Gasteiger partial charge in [-0.05, 0) is 22.1 Å². The van der Waals surface area contributed by atoms with Crippen molar-refractivity contribution in [1.29, 1.82) is 0 Å². The maximum atomic E-state index is 2.29. The Morgan fingerprint density at radius 3 is 2.00 bits per heavy atom. The summed E-state index contributed by atoms with van der Waals surface area (Å²) in [4.78, 5) is 0. The molecule has 0 radical (unpaired) electrons. The molecule has 0 bridgehead atoms. The summed E-state index contributed by atoms with van der Waals surface area (Å²) in [6, 6.07) is 15.2. The van der Waals surface area contributed by atoms with Crippen LogP contribution < -0.4 is 0 Å². The van der Waals surface area contributed by atoms with Crippen molar-refractivity contribution in [2.24, 2.45) is 0 Å². The van der Waals surface area contributed by atoms with Crippen molar-refractivity contribution in [1.82, 2.24) is 0 Å². The summed E-state index contributed by atoms with van der Waals surface area (Å²) in [5.74, 6) is 0. The van der Waals surface area contributed by atoms with E-state index in [2.05, 4.69) is 63.2 Å². The maximum absolute atomic E-state index is 2.29. The maximum Gasteiger partial charge on any atom is -0.0132 e. The second-order valence-electron chi connectivity index (χ2n) is 4.81. The molecule has 0 fully saturated rings. The highest BCUT2D eigenvalue weighted by atomic mass is 14.2. The van der Waals surface area contributed by atoms with Crippen LogP contribution in [0.1, 0.15) is 26.3 Å². The first-order chi connectivity index (χ1) is 6.57. The van der Waals surface area contributed by atoms with Gasteiger partial charge in [0.1, 0.15) is 0 Å². The molecule has 0 N–H and O–H groups in total. The van der Waals surface area contributed by atoms with Crippen molar-refractivity contribution < 1.29 is 0 Å². The zero-order valence-electron chi connectivity index (χ0n) is 9.04. The highest BCUT2D eigenvalue weighted by Gasteiger charge is 2.13. The fourth-order valence-electron chi connectivity index (χ4n) is 1.67.